The number of rotatable bonds is 10. The quantitative estimate of drug-likeness (QED) is 0.528. The van der Waals surface area contributed by atoms with Crippen molar-refractivity contribution in [3.05, 3.63) is 35.4 Å². The number of amides is 2. The Morgan fingerprint density at radius 2 is 0.906 bits per heavy atom. The number of hydrogen-bond acceptors (Lipinski definition) is 8. The van der Waals surface area contributed by atoms with Crippen molar-refractivity contribution in [3.63, 3.8) is 0 Å². The molecule has 2 aromatic carbocycles. The molecule has 2 aromatic rings. The maximum absolute atomic E-state index is 12.3. The Morgan fingerprint density at radius 1 is 0.562 bits per heavy atom. The van der Waals surface area contributed by atoms with Crippen LogP contribution in [0.1, 0.15) is 11.1 Å². The smallest absolute Gasteiger partial charge is 0.309 e. The predicted octanol–water partition coefficient (Wildman–Crippen LogP) is 1.67. The molecule has 0 fully saturated rings. The summed E-state index contributed by atoms with van der Waals surface area (Å²) in [7, 11) is 8.95. The van der Waals surface area contributed by atoms with Gasteiger partial charge in [0.25, 0.3) is 0 Å². The van der Waals surface area contributed by atoms with Gasteiger partial charge in [0.15, 0.2) is 23.0 Å². The normalized spacial score (nSPS) is 10.1. The molecule has 2 amide bonds. The zero-order valence-corrected chi connectivity index (χ0v) is 19.0. The highest BCUT2D eigenvalue weighted by atomic mass is 16.5. The van der Waals surface area contributed by atoms with E-state index in [1.165, 1.54) is 42.7 Å². The minimum Gasteiger partial charge on any atom is -0.493 e. The van der Waals surface area contributed by atoms with Crippen LogP contribution in [0.25, 0.3) is 0 Å². The van der Waals surface area contributed by atoms with E-state index in [1.807, 2.05) is 0 Å². The van der Waals surface area contributed by atoms with Gasteiger partial charge in [-0.3, -0.25) is 9.59 Å². The Hall–Kier alpha value is -3.82. The van der Waals surface area contributed by atoms with Crippen LogP contribution in [-0.4, -0.2) is 54.5 Å². The first-order valence-electron chi connectivity index (χ1n) is 9.57. The van der Waals surface area contributed by atoms with Gasteiger partial charge in [-0.2, -0.15) is 0 Å². The number of carbonyl (C=O) groups is 2. The average Bonchev–Trinajstić information content (AvgIpc) is 2.83. The van der Waals surface area contributed by atoms with Gasteiger partial charge >= 0.3 is 11.8 Å². The Labute approximate surface area is 186 Å². The molecule has 0 saturated heterocycles. The maximum Gasteiger partial charge on any atom is 0.309 e. The molecule has 0 aliphatic carbocycles. The van der Waals surface area contributed by atoms with Gasteiger partial charge in [-0.25, -0.2) is 0 Å². The SMILES string of the molecule is COc1ccc(CNC(=O)C(=O)NCc2ccc(OC)c(OC)c2OC)c(OC)c1OC. The molecule has 0 aliphatic heterocycles. The van der Waals surface area contributed by atoms with Crippen LogP contribution >= 0.6 is 0 Å². The topological polar surface area (TPSA) is 114 Å². The molecule has 0 bridgehead atoms. The van der Waals surface area contributed by atoms with Crippen molar-refractivity contribution in [1.29, 1.82) is 0 Å². The van der Waals surface area contributed by atoms with E-state index in [0.717, 1.165) is 0 Å². The Morgan fingerprint density at radius 3 is 1.19 bits per heavy atom. The molecule has 0 radical (unpaired) electrons. The van der Waals surface area contributed by atoms with Gasteiger partial charge in [0.1, 0.15) is 0 Å². The first kappa shape index (κ1) is 24.4. The van der Waals surface area contributed by atoms with Gasteiger partial charge in [-0.1, -0.05) is 0 Å². The number of carbonyl (C=O) groups excluding carboxylic acids is 2. The summed E-state index contributed by atoms with van der Waals surface area (Å²) in [5.41, 5.74) is 1.24. The van der Waals surface area contributed by atoms with Gasteiger partial charge in [-0.05, 0) is 24.3 Å². The molecule has 32 heavy (non-hydrogen) atoms. The molecule has 0 spiro atoms. The lowest BCUT2D eigenvalue weighted by molar-refractivity contribution is -0.139. The van der Waals surface area contributed by atoms with Crippen LogP contribution in [0.5, 0.6) is 34.5 Å². The molecule has 2 N–H and O–H groups in total. The van der Waals surface area contributed by atoms with Crippen molar-refractivity contribution in [1.82, 2.24) is 10.6 Å². The summed E-state index contributed by atoms with van der Waals surface area (Å²) in [5.74, 6) is 0.966. The molecule has 0 aromatic heterocycles. The zero-order chi connectivity index (χ0) is 23.7. The molecule has 0 atom stereocenters. The number of benzene rings is 2. The third kappa shape index (κ3) is 5.26. The number of ether oxygens (including phenoxy) is 6. The lowest BCUT2D eigenvalue weighted by Crippen LogP contribution is -2.39. The summed E-state index contributed by atoms with van der Waals surface area (Å²) in [4.78, 5) is 24.6. The number of nitrogens with one attached hydrogen (secondary N) is 2. The zero-order valence-electron chi connectivity index (χ0n) is 19.0. The van der Waals surface area contributed by atoms with E-state index in [0.29, 0.717) is 45.6 Å². The van der Waals surface area contributed by atoms with Crippen LogP contribution < -0.4 is 39.1 Å². The standard InChI is InChI=1S/C22H28N2O8/c1-27-15-9-7-13(17(29-3)19(15)31-5)11-23-21(25)22(26)24-12-14-8-10-16(28-2)20(32-6)18(14)30-4/h7-10H,11-12H2,1-6H3,(H,23,25)(H,24,26). The fourth-order valence-corrected chi connectivity index (χ4v) is 3.12. The highest BCUT2D eigenvalue weighted by Gasteiger charge is 2.20. The largest absolute Gasteiger partial charge is 0.493 e. The Bertz CT molecular complexity index is 884. The number of methoxy groups -OCH3 is 6. The molecule has 0 unspecified atom stereocenters. The van der Waals surface area contributed by atoms with Gasteiger partial charge in [0.2, 0.25) is 11.5 Å². The van der Waals surface area contributed by atoms with Crippen molar-refractivity contribution in [3.8, 4) is 34.5 Å². The van der Waals surface area contributed by atoms with E-state index in [4.69, 9.17) is 28.4 Å². The molecule has 2 rings (SSSR count). The molecule has 0 aliphatic rings. The molecular formula is C22H28N2O8. The van der Waals surface area contributed by atoms with E-state index in [-0.39, 0.29) is 13.1 Å². The van der Waals surface area contributed by atoms with Crippen molar-refractivity contribution < 1.29 is 38.0 Å². The third-order valence-electron chi connectivity index (χ3n) is 4.66. The van der Waals surface area contributed by atoms with Crippen molar-refractivity contribution >= 4 is 11.8 Å². The van der Waals surface area contributed by atoms with Crippen LogP contribution in [0, 0.1) is 0 Å². The van der Waals surface area contributed by atoms with Gasteiger partial charge in [0, 0.05) is 24.2 Å². The summed E-state index contributed by atoms with van der Waals surface area (Å²) in [5, 5.41) is 5.13. The second-order valence-electron chi connectivity index (χ2n) is 6.35. The van der Waals surface area contributed by atoms with E-state index in [1.54, 1.807) is 24.3 Å². The molecular weight excluding hydrogens is 420 g/mol. The second-order valence-corrected chi connectivity index (χ2v) is 6.35. The van der Waals surface area contributed by atoms with Gasteiger partial charge in [0.05, 0.1) is 42.7 Å². The minimum atomic E-state index is -0.804. The summed E-state index contributed by atoms with van der Waals surface area (Å²) >= 11 is 0. The highest BCUT2D eigenvalue weighted by Crippen LogP contribution is 2.40. The minimum absolute atomic E-state index is 0.0511. The van der Waals surface area contributed by atoms with Crippen molar-refractivity contribution in [2.24, 2.45) is 0 Å². The molecule has 10 nitrogen and oxygen atoms in total. The molecule has 174 valence electrons. The summed E-state index contributed by atoms with van der Waals surface area (Å²) in [6, 6.07) is 6.80. The van der Waals surface area contributed by atoms with Crippen LogP contribution in [0.3, 0.4) is 0 Å². The third-order valence-corrected chi connectivity index (χ3v) is 4.66. The fraction of sp³-hybridized carbons (Fsp3) is 0.364. The molecule has 0 saturated carbocycles. The molecule has 0 heterocycles. The van der Waals surface area contributed by atoms with Crippen LogP contribution in [-0.2, 0) is 22.7 Å². The van der Waals surface area contributed by atoms with Gasteiger partial charge < -0.3 is 39.1 Å². The predicted molar refractivity (Wildman–Crippen MR) is 116 cm³/mol. The van der Waals surface area contributed by atoms with Gasteiger partial charge in [-0.15, -0.1) is 0 Å². The summed E-state index contributed by atoms with van der Waals surface area (Å²) in [6.07, 6.45) is 0. The maximum atomic E-state index is 12.3. The van der Waals surface area contributed by atoms with Crippen LogP contribution in [0.15, 0.2) is 24.3 Å². The first-order chi connectivity index (χ1) is 15.4. The second kappa shape index (κ2) is 11.5. The van der Waals surface area contributed by atoms with Crippen molar-refractivity contribution in [2.75, 3.05) is 42.7 Å². The monoisotopic (exact) mass is 448 g/mol. The lowest BCUT2D eigenvalue weighted by atomic mass is 10.1. The Kier molecular flexibility index (Phi) is 8.82. The summed E-state index contributed by atoms with van der Waals surface area (Å²) in [6.45, 7) is 0.102. The average molecular weight is 448 g/mol. The van der Waals surface area contributed by atoms with Crippen LogP contribution in [0.2, 0.25) is 0 Å². The van der Waals surface area contributed by atoms with E-state index in [2.05, 4.69) is 10.6 Å². The fourth-order valence-electron chi connectivity index (χ4n) is 3.12. The number of hydrogen-bond donors (Lipinski definition) is 2. The Balaban J connectivity index is 2.06. The molecule has 10 heteroatoms. The first-order valence-corrected chi connectivity index (χ1v) is 9.57. The highest BCUT2D eigenvalue weighted by molar-refractivity contribution is 6.35. The van der Waals surface area contributed by atoms with Crippen LogP contribution in [0.4, 0.5) is 0 Å². The van der Waals surface area contributed by atoms with Crippen molar-refractivity contribution in [2.45, 2.75) is 13.1 Å². The summed E-state index contributed by atoms with van der Waals surface area (Å²) < 4.78 is 31.9. The lowest BCUT2D eigenvalue weighted by Gasteiger charge is -2.17. The van der Waals surface area contributed by atoms with E-state index >= 15 is 0 Å². The van der Waals surface area contributed by atoms with E-state index in [9.17, 15) is 9.59 Å². The van der Waals surface area contributed by atoms with E-state index < -0.39 is 11.8 Å².